The van der Waals surface area contributed by atoms with Gasteiger partial charge in [0.2, 0.25) is 0 Å². The van der Waals surface area contributed by atoms with Gasteiger partial charge in [-0.15, -0.1) is 6.58 Å². The van der Waals surface area contributed by atoms with Gasteiger partial charge in [-0.2, -0.15) is 0 Å². The molecule has 6 atom stereocenters. The molecule has 0 aliphatic heterocycles. The summed E-state index contributed by atoms with van der Waals surface area (Å²) in [6.07, 6.45) is 4.95. The van der Waals surface area contributed by atoms with Gasteiger partial charge in [0.1, 0.15) is 5.60 Å². The number of carboxylic acids is 1. The van der Waals surface area contributed by atoms with E-state index in [0.29, 0.717) is 12.8 Å². The third-order valence-corrected chi connectivity index (χ3v) is 7.06. The molecule has 0 amide bonds. The molecule has 136 valence electrons. The molecule has 0 unspecified atom stereocenters. The van der Waals surface area contributed by atoms with E-state index in [1.54, 1.807) is 6.92 Å². The fraction of sp³-hybridized carbons (Fsp3) is 0.750. The van der Waals surface area contributed by atoms with Crippen molar-refractivity contribution >= 4 is 5.97 Å². The Bertz CT molecular complexity index is 538. The Balaban J connectivity index is 2.35. The molecule has 4 nitrogen and oxygen atoms in total. The molecule has 0 aromatic rings. The van der Waals surface area contributed by atoms with Crippen molar-refractivity contribution in [1.29, 1.82) is 0 Å². The average molecular weight is 336 g/mol. The van der Waals surface area contributed by atoms with Crippen LogP contribution in [0.5, 0.6) is 0 Å². The van der Waals surface area contributed by atoms with Crippen molar-refractivity contribution in [3.63, 3.8) is 0 Å². The highest BCUT2D eigenvalue weighted by Crippen LogP contribution is 2.62. The van der Waals surface area contributed by atoms with E-state index in [0.717, 1.165) is 31.3 Å². The van der Waals surface area contributed by atoms with E-state index in [-0.39, 0.29) is 17.3 Å². The second-order valence-corrected chi connectivity index (χ2v) is 8.57. The van der Waals surface area contributed by atoms with Crippen molar-refractivity contribution in [3.8, 4) is 0 Å². The molecule has 0 saturated heterocycles. The van der Waals surface area contributed by atoms with Crippen LogP contribution >= 0.6 is 0 Å². The van der Waals surface area contributed by atoms with Gasteiger partial charge in [-0.25, -0.2) is 0 Å². The second-order valence-electron chi connectivity index (χ2n) is 8.57. The van der Waals surface area contributed by atoms with E-state index in [4.69, 9.17) is 0 Å². The third-order valence-electron chi connectivity index (χ3n) is 7.06. The van der Waals surface area contributed by atoms with Crippen LogP contribution in [0.1, 0.15) is 59.3 Å². The lowest BCUT2D eigenvalue weighted by molar-refractivity contribution is -0.165. The number of rotatable bonds is 5. The SMILES string of the molecule is C=C[C@](C)(O)[C@H](O)C[C@H]1C(=C)CC[C@H]2[C@]1(C)CCC[C@]2(C)C(=O)O. The van der Waals surface area contributed by atoms with Crippen molar-refractivity contribution in [2.24, 2.45) is 22.7 Å². The molecule has 2 rings (SSSR count). The van der Waals surface area contributed by atoms with E-state index in [1.807, 2.05) is 6.92 Å². The Morgan fingerprint density at radius 3 is 2.62 bits per heavy atom. The zero-order valence-electron chi connectivity index (χ0n) is 15.2. The molecule has 0 radical (unpaired) electrons. The highest BCUT2D eigenvalue weighted by atomic mass is 16.4. The molecule has 2 saturated carbocycles. The van der Waals surface area contributed by atoms with Crippen molar-refractivity contribution in [3.05, 3.63) is 24.8 Å². The topological polar surface area (TPSA) is 77.8 Å². The predicted octanol–water partition coefficient (Wildman–Crippen LogP) is 3.54. The maximum absolute atomic E-state index is 12.0. The summed E-state index contributed by atoms with van der Waals surface area (Å²) >= 11 is 0. The normalized spacial score (nSPS) is 40.3. The summed E-state index contributed by atoms with van der Waals surface area (Å²) in [5.41, 5.74) is -1.21. The molecular formula is C20H32O4. The monoisotopic (exact) mass is 336 g/mol. The van der Waals surface area contributed by atoms with Crippen LogP contribution in [0, 0.1) is 22.7 Å². The Hall–Kier alpha value is -1.13. The van der Waals surface area contributed by atoms with Crippen molar-refractivity contribution in [2.75, 3.05) is 0 Å². The van der Waals surface area contributed by atoms with Crippen molar-refractivity contribution in [2.45, 2.75) is 71.0 Å². The number of aliphatic hydroxyl groups excluding tert-OH is 1. The molecule has 0 aromatic carbocycles. The van der Waals surface area contributed by atoms with E-state index in [2.05, 4.69) is 20.1 Å². The van der Waals surface area contributed by atoms with Crippen LogP contribution in [-0.4, -0.2) is 33.0 Å². The van der Waals surface area contributed by atoms with Gasteiger partial charge in [-0.1, -0.05) is 31.6 Å². The molecule has 0 bridgehead atoms. The minimum atomic E-state index is -1.35. The van der Waals surface area contributed by atoms with Gasteiger partial charge in [-0.05, 0) is 63.2 Å². The molecule has 2 aliphatic carbocycles. The molecule has 2 aliphatic rings. The highest BCUT2D eigenvalue weighted by Gasteiger charge is 2.57. The molecule has 0 heterocycles. The van der Waals surface area contributed by atoms with Gasteiger partial charge in [0, 0.05) is 0 Å². The van der Waals surface area contributed by atoms with Crippen LogP contribution in [0.2, 0.25) is 0 Å². The van der Waals surface area contributed by atoms with Crippen LogP contribution in [-0.2, 0) is 4.79 Å². The number of carboxylic acid groups (broad SMARTS) is 1. The predicted molar refractivity (Wildman–Crippen MR) is 94.5 cm³/mol. The Kier molecular flexibility index (Phi) is 5.04. The highest BCUT2D eigenvalue weighted by molar-refractivity contribution is 5.75. The van der Waals surface area contributed by atoms with Gasteiger partial charge in [0.15, 0.2) is 0 Å². The zero-order valence-corrected chi connectivity index (χ0v) is 15.2. The molecule has 2 fully saturated rings. The molecule has 3 N–H and O–H groups in total. The quantitative estimate of drug-likeness (QED) is 0.671. The number of aliphatic hydroxyl groups is 2. The van der Waals surface area contributed by atoms with Crippen molar-refractivity contribution < 1.29 is 20.1 Å². The van der Waals surface area contributed by atoms with Gasteiger partial charge in [0.05, 0.1) is 11.5 Å². The lowest BCUT2D eigenvalue weighted by Crippen LogP contribution is -2.54. The molecule has 0 aromatic heterocycles. The number of hydrogen-bond acceptors (Lipinski definition) is 3. The first kappa shape index (κ1) is 19.2. The number of fused-ring (bicyclic) bond motifs is 1. The summed E-state index contributed by atoms with van der Waals surface area (Å²) in [5, 5.41) is 30.6. The maximum Gasteiger partial charge on any atom is 0.309 e. The summed E-state index contributed by atoms with van der Waals surface area (Å²) < 4.78 is 0. The molecular weight excluding hydrogens is 304 g/mol. The van der Waals surface area contributed by atoms with Crippen LogP contribution in [0.15, 0.2) is 24.8 Å². The minimum absolute atomic E-state index is 0.0108. The first-order valence-corrected chi connectivity index (χ1v) is 8.94. The summed E-state index contributed by atoms with van der Waals surface area (Å²) in [6.45, 7) is 13.4. The van der Waals surface area contributed by atoms with E-state index >= 15 is 0 Å². The largest absolute Gasteiger partial charge is 0.481 e. The third kappa shape index (κ3) is 2.95. The molecule has 24 heavy (non-hydrogen) atoms. The summed E-state index contributed by atoms with van der Waals surface area (Å²) in [5.74, 6) is -0.646. The van der Waals surface area contributed by atoms with Crippen LogP contribution in [0.25, 0.3) is 0 Å². The van der Waals surface area contributed by atoms with Gasteiger partial charge < -0.3 is 15.3 Å². The van der Waals surface area contributed by atoms with E-state index in [1.165, 1.54) is 6.08 Å². The molecule has 0 spiro atoms. The number of aliphatic carboxylic acids is 1. The van der Waals surface area contributed by atoms with Gasteiger partial charge >= 0.3 is 5.97 Å². The Morgan fingerprint density at radius 1 is 1.46 bits per heavy atom. The summed E-state index contributed by atoms with van der Waals surface area (Å²) in [7, 11) is 0. The summed E-state index contributed by atoms with van der Waals surface area (Å²) in [4.78, 5) is 12.0. The maximum atomic E-state index is 12.0. The Morgan fingerprint density at radius 2 is 2.08 bits per heavy atom. The van der Waals surface area contributed by atoms with Crippen LogP contribution in [0.4, 0.5) is 0 Å². The minimum Gasteiger partial charge on any atom is -0.481 e. The van der Waals surface area contributed by atoms with Gasteiger partial charge in [0.25, 0.3) is 0 Å². The smallest absolute Gasteiger partial charge is 0.309 e. The van der Waals surface area contributed by atoms with Crippen LogP contribution < -0.4 is 0 Å². The number of allylic oxidation sites excluding steroid dienone is 1. The number of hydrogen-bond donors (Lipinski definition) is 3. The summed E-state index contributed by atoms with van der Waals surface area (Å²) in [6, 6.07) is 0. The van der Waals surface area contributed by atoms with Gasteiger partial charge in [-0.3, -0.25) is 4.79 Å². The van der Waals surface area contributed by atoms with E-state index < -0.39 is 23.1 Å². The standard InChI is InChI=1S/C20H32O4/c1-6-20(5,24)16(21)12-14-13(2)8-9-15-18(14,3)10-7-11-19(15,4)17(22)23/h6,14-16,21,24H,1-2,7-12H2,3-5H3,(H,22,23)/t14-,15-,16+,18+,19-,20-/m0/s1. The first-order chi connectivity index (χ1) is 11.0. The Labute approximate surface area is 145 Å². The lowest BCUT2D eigenvalue weighted by Gasteiger charge is -2.57. The fourth-order valence-electron chi connectivity index (χ4n) is 5.24. The first-order valence-electron chi connectivity index (χ1n) is 8.94. The lowest BCUT2D eigenvalue weighted by atomic mass is 9.46. The second kappa shape index (κ2) is 6.30. The average Bonchev–Trinajstić information content (AvgIpc) is 2.50. The van der Waals surface area contributed by atoms with Crippen LogP contribution in [0.3, 0.4) is 0 Å². The van der Waals surface area contributed by atoms with E-state index in [9.17, 15) is 20.1 Å². The number of carbonyl (C=O) groups is 1. The zero-order chi connectivity index (χ0) is 18.3. The van der Waals surface area contributed by atoms with Crippen molar-refractivity contribution in [1.82, 2.24) is 0 Å². The fourth-order valence-corrected chi connectivity index (χ4v) is 5.24. The molecule has 4 heteroatoms.